The van der Waals surface area contributed by atoms with Crippen LogP contribution in [0.3, 0.4) is 0 Å². The van der Waals surface area contributed by atoms with Gasteiger partial charge in [-0.2, -0.15) is 0 Å². The molecule has 1 aromatic heterocycles. The van der Waals surface area contributed by atoms with Gasteiger partial charge in [-0.15, -0.1) is 0 Å². The third-order valence-corrected chi connectivity index (χ3v) is 3.23. The molecule has 0 fully saturated rings. The van der Waals surface area contributed by atoms with Gasteiger partial charge in [0.25, 0.3) is 0 Å². The summed E-state index contributed by atoms with van der Waals surface area (Å²) >= 11 is 0. The van der Waals surface area contributed by atoms with Crippen molar-refractivity contribution >= 4 is 11.0 Å². The molecule has 1 N–H and O–H groups in total. The molecule has 2 aromatic carbocycles. The van der Waals surface area contributed by atoms with E-state index in [2.05, 4.69) is 10.5 Å². The summed E-state index contributed by atoms with van der Waals surface area (Å²) in [5.41, 5.74) is 2.97. The van der Waals surface area contributed by atoms with E-state index in [1.807, 2.05) is 48.5 Å². The van der Waals surface area contributed by atoms with E-state index >= 15 is 0 Å². The smallest absolute Gasteiger partial charge is 0.167 e. The Bertz CT molecular complexity index is 689. The van der Waals surface area contributed by atoms with Gasteiger partial charge in [-0.25, -0.2) is 0 Å². The van der Waals surface area contributed by atoms with Gasteiger partial charge in [0.15, 0.2) is 5.58 Å². The summed E-state index contributed by atoms with van der Waals surface area (Å²) in [5.74, 6) is 0.872. The fraction of sp³-hybridized carbons (Fsp3) is 0.188. The standard InChI is InChI=1S/C16H16N2O2/c1-19-13-8-6-12(7-9-13)10-17-11-15-14-4-2-3-5-16(14)20-18-15/h2-9,17H,10-11H2,1H3. The van der Waals surface area contributed by atoms with E-state index in [1.54, 1.807) is 7.11 Å². The number of rotatable bonds is 5. The SMILES string of the molecule is COc1ccc(CNCc2noc3ccccc23)cc1. The molecule has 0 atom stereocenters. The van der Waals surface area contributed by atoms with Gasteiger partial charge in [0.05, 0.1) is 7.11 Å². The molecule has 0 spiro atoms. The minimum absolute atomic E-state index is 0.684. The van der Waals surface area contributed by atoms with Crippen LogP contribution >= 0.6 is 0 Å². The Kier molecular flexibility index (Phi) is 3.65. The van der Waals surface area contributed by atoms with Crippen molar-refractivity contribution in [2.45, 2.75) is 13.1 Å². The molecular formula is C16H16N2O2. The van der Waals surface area contributed by atoms with Gasteiger partial charge in [-0.05, 0) is 29.8 Å². The monoisotopic (exact) mass is 268 g/mol. The van der Waals surface area contributed by atoms with Crippen LogP contribution in [0.15, 0.2) is 53.1 Å². The molecule has 0 aliphatic carbocycles. The molecule has 3 rings (SSSR count). The van der Waals surface area contributed by atoms with Crippen LogP contribution in [0.4, 0.5) is 0 Å². The van der Waals surface area contributed by atoms with Crippen LogP contribution in [0.25, 0.3) is 11.0 Å². The Morgan fingerprint density at radius 2 is 1.85 bits per heavy atom. The fourth-order valence-corrected chi connectivity index (χ4v) is 2.13. The number of nitrogens with zero attached hydrogens (tertiary/aromatic N) is 1. The van der Waals surface area contributed by atoms with E-state index in [0.717, 1.165) is 29.0 Å². The lowest BCUT2D eigenvalue weighted by molar-refractivity contribution is 0.414. The average molecular weight is 268 g/mol. The third kappa shape index (κ3) is 2.65. The molecule has 0 saturated carbocycles. The first kappa shape index (κ1) is 12.7. The summed E-state index contributed by atoms with van der Waals surface area (Å²) < 4.78 is 10.4. The predicted octanol–water partition coefficient (Wildman–Crippen LogP) is 3.13. The lowest BCUT2D eigenvalue weighted by Gasteiger charge is -2.04. The Morgan fingerprint density at radius 3 is 2.65 bits per heavy atom. The second-order valence-corrected chi connectivity index (χ2v) is 4.58. The highest BCUT2D eigenvalue weighted by atomic mass is 16.5. The lowest BCUT2D eigenvalue weighted by Crippen LogP contribution is -2.13. The van der Waals surface area contributed by atoms with Gasteiger partial charge in [0.2, 0.25) is 0 Å². The average Bonchev–Trinajstić information content (AvgIpc) is 2.92. The highest BCUT2D eigenvalue weighted by Gasteiger charge is 2.06. The number of fused-ring (bicyclic) bond motifs is 1. The Morgan fingerprint density at radius 1 is 1.05 bits per heavy atom. The van der Waals surface area contributed by atoms with E-state index in [-0.39, 0.29) is 0 Å². The number of nitrogens with one attached hydrogen (secondary N) is 1. The van der Waals surface area contributed by atoms with E-state index in [4.69, 9.17) is 9.26 Å². The zero-order valence-corrected chi connectivity index (χ0v) is 11.3. The molecule has 0 aliphatic heterocycles. The topological polar surface area (TPSA) is 47.3 Å². The van der Waals surface area contributed by atoms with Crippen molar-refractivity contribution < 1.29 is 9.26 Å². The van der Waals surface area contributed by atoms with Crippen molar-refractivity contribution in [2.24, 2.45) is 0 Å². The van der Waals surface area contributed by atoms with Gasteiger partial charge in [0, 0.05) is 18.5 Å². The molecule has 0 bridgehead atoms. The summed E-state index contributed by atoms with van der Waals surface area (Å²) in [6, 6.07) is 15.9. The second-order valence-electron chi connectivity index (χ2n) is 4.58. The van der Waals surface area contributed by atoms with Crippen LogP contribution in [-0.4, -0.2) is 12.3 Å². The van der Waals surface area contributed by atoms with Crippen LogP contribution in [0, 0.1) is 0 Å². The number of para-hydroxylation sites is 1. The number of benzene rings is 2. The zero-order chi connectivity index (χ0) is 13.8. The van der Waals surface area contributed by atoms with E-state index in [0.29, 0.717) is 6.54 Å². The minimum Gasteiger partial charge on any atom is -0.497 e. The van der Waals surface area contributed by atoms with Crippen molar-refractivity contribution in [1.82, 2.24) is 10.5 Å². The molecule has 0 unspecified atom stereocenters. The molecule has 0 radical (unpaired) electrons. The highest BCUT2D eigenvalue weighted by Crippen LogP contribution is 2.17. The summed E-state index contributed by atoms with van der Waals surface area (Å²) in [6.07, 6.45) is 0. The summed E-state index contributed by atoms with van der Waals surface area (Å²) in [6.45, 7) is 1.47. The van der Waals surface area contributed by atoms with Gasteiger partial charge < -0.3 is 14.6 Å². The van der Waals surface area contributed by atoms with E-state index < -0.39 is 0 Å². The molecule has 4 nitrogen and oxygen atoms in total. The maximum absolute atomic E-state index is 5.28. The van der Waals surface area contributed by atoms with Crippen LogP contribution in [-0.2, 0) is 13.1 Å². The first-order valence-electron chi connectivity index (χ1n) is 6.54. The van der Waals surface area contributed by atoms with Crippen molar-refractivity contribution in [3.63, 3.8) is 0 Å². The predicted molar refractivity (Wildman–Crippen MR) is 77.5 cm³/mol. The summed E-state index contributed by atoms with van der Waals surface area (Å²) in [5, 5.41) is 8.53. The Labute approximate surface area is 117 Å². The molecule has 0 amide bonds. The molecule has 0 saturated heterocycles. The largest absolute Gasteiger partial charge is 0.497 e. The first-order chi connectivity index (χ1) is 9.86. The number of aromatic nitrogens is 1. The fourth-order valence-electron chi connectivity index (χ4n) is 2.13. The molecule has 4 heteroatoms. The summed E-state index contributed by atoms with van der Waals surface area (Å²) in [4.78, 5) is 0. The molecule has 3 aromatic rings. The zero-order valence-electron chi connectivity index (χ0n) is 11.3. The third-order valence-electron chi connectivity index (χ3n) is 3.23. The van der Waals surface area contributed by atoms with Crippen LogP contribution in [0.5, 0.6) is 5.75 Å². The molecule has 1 heterocycles. The van der Waals surface area contributed by atoms with Crippen molar-refractivity contribution in [2.75, 3.05) is 7.11 Å². The maximum Gasteiger partial charge on any atom is 0.167 e. The second kappa shape index (κ2) is 5.75. The van der Waals surface area contributed by atoms with Gasteiger partial charge in [0.1, 0.15) is 11.4 Å². The molecule has 0 aliphatic rings. The minimum atomic E-state index is 0.684. The van der Waals surface area contributed by atoms with Gasteiger partial charge in [-0.1, -0.05) is 29.4 Å². The molecule has 20 heavy (non-hydrogen) atoms. The Hall–Kier alpha value is -2.33. The maximum atomic E-state index is 5.28. The van der Waals surface area contributed by atoms with E-state index in [9.17, 15) is 0 Å². The number of ether oxygens (including phenoxy) is 1. The van der Waals surface area contributed by atoms with Gasteiger partial charge in [-0.3, -0.25) is 0 Å². The lowest BCUT2D eigenvalue weighted by atomic mass is 10.2. The quantitative estimate of drug-likeness (QED) is 0.772. The van der Waals surface area contributed by atoms with Crippen LogP contribution < -0.4 is 10.1 Å². The van der Waals surface area contributed by atoms with E-state index in [1.165, 1.54) is 5.56 Å². The number of methoxy groups -OCH3 is 1. The van der Waals surface area contributed by atoms with Gasteiger partial charge >= 0.3 is 0 Å². The highest BCUT2D eigenvalue weighted by molar-refractivity contribution is 5.79. The number of hydrogen-bond donors (Lipinski definition) is 1. The molecular weight excluding hydrogens is 252 g/mol. The number of hydrogen-bond acceptors (Lipinski definition) is 4. The van der Waals surface area contributed by atoms with Crippen molar-refractivity contribution in [1.29, 1.82) is 0 Å². The van der Waals surface area contributed by atoms with Crippen molar-refractivity contribution in [3.05, 3.63) is 59.8 Å². The van der Waals surface area contributed by atoms with Crippen LogP contribution in [0.2, 0.25) is 0 Å². The van der Waals surface area contributed by atoms with Crippen molar-refractivity contribution in [3.8, 4) is 5.75 Å². The Balaban J connectivity index is 1.62. The molecule has 102 valence electrons. The normalized spacial score (nSPS) is 10.8. The summed E-state index contributed by atoms with van der Waals surface area (Å²) in [7, 11) is 1.67. The first-order valence-corrected chi connectivity index (χ1v) is 6.54. The van der Waals surface area contributed by atoms with Crippen LogP contribution in [0.1, 0.15) is 11.3 Å².